The van der Waals surface area contributed by atoms with Crippen molar-refractivity contribution in [3.8, 4) is 0 Å². The molecule has 2 rings (SSSR count). The molecule has 0 aliphatic carbocycles. The maximum Gasteiger partial charge on any atom is 0.266 e. The highest BCUT2D eigenvalue weighted by Gasteiger charge is 2.09. The minimum atomic E-state index is -0.131. The van der Waals surface area contributed by atoms with Crippen LogP contribution in [-0.2, 0) is 0 Å². The number of aryl methyl sites for hydroxylation is 1. The van der Waals surface area contributed by atoms with E-state index < -0.39 is 0 Å². The molecule has 82 valence electrons. The van der Waals surface area contributed by atoms with Crippen molar-refractivity contribution in [3.05, 3.63) is 44.7 Å². The van der Waals surface area contributed by atoms with E-state index in [1.165, 1.54) is 11.3 Å². The Bertz CT molecular complexity index is 524. The molecule has 0 unspecified atom stereocenters. The molecule has 0 fully saturated rings. The molecule has 0 saturated carbocycles. The first kappa shape index (κ1) is 11.3. The minimum Gasteiger partial charge on any atom is -0.306 e. The van der Waals surface area contributed by atoms with Crippen LogP contribution in [0.3, 0.4) is 0 Å². The SMILES string of the molecule is Cc1ccnc(NC(=O)c2cc(Br)cs2)c1. The van der Waals surface area contributed by atoms with Crippen molar-refractivity contribution in [2.45, 2.75) is 6.92 Å². The number of aromatic nitrogens is 1. The zero-order chi connectivity index (χ0) is 11.5. The summed E-state index contributed by atoms with van der Waals surface area (Å²) in [5.74, 6) is 0.448. The van der Waals surface area contributed by atoms with Crippen LogP contribution in [-0.4, -0.2) is 10.9 Å². The number of hydrogen-bond acceptors (Lipinski definition) is 3. The van der Waals surface area contributed by atoms with E-state index >= 15 is 0 Å². The standard InChI is InChI=1S/C11H9BrN2OS/c1-7-2-3-13-10(4-7)14-11(15)9-5-8(12)6-16-9/h2-6H,1H3,(H,13,14,15). The first-order valence-electron chi connectivity index (χ1n) is 4.63. The number of anilines is 1. The molecule has 0 saturated heterocycles. The molecule has 0 aromatic carbocycles. The predicted octanol–water partition coefficient (Wildman–Crippen LogP) is 3.47. The number of nitrogens with one attached hydrogen (secondary N) is 1. The number of halogens is 1. The van der Waals surface area contributed by atoms with Crippen LogP contribution in [0.4, 0.5) is 5.82 Å². The second-order valence-corrected chi connectivity index (χ2v) is 5.13. The Morgan fingerprint density at radius 3 is 2.94 bits per heavy atom. The summed E-state index contributed by atoms with van der Waals surface area (Å²) in [6.07, 6.45) is 1.68. The average Bonchev–Trinajstić information content (AvgIpc) is 2.65. The van der Waals surface area contributed by atoms with Gasteiger partial charge in [-0.2, -0.15) is 0 Å². The fraction of sp³-hybridized carbons (Fsp3) is 0.0909. The lowest BCUT2D eigenvalue weighted by Gasteiger charge is -2.02. The molecule has 0 radical (unpaired) electrons. The number of nitrogens with zero attached hydrogens (tertiary/aromatic N) is 1. The summed E-state index contributed by atoms with van der Waals surface area (Å²) in [7, 11) is 0. The molecule has 2 aromatic rings. The summed E-state index contributed by atoms with van der Waals surface area (Å²) < 4.78 is 0.917. The minimum absolute atomic E-state index is 0.131. The van der Waals surface area contributed by atoms with Gasteiger partial charge in [0.2, 0.25) is 0 Å². The molecule has 2 aromatic heterocycles. The number of rotatable bonds is 2. The number of thiophene rings is 1. The highest BCUT2D eigenvalue weighted by molar-refractivity contribution is 9.10. The fourth-order valence-electron chi connectivity index (χ4n) is 1.21. The Morgan fingerprint density at radius 2 is 2.31 bits per heavy atom. The van der Waals surface area contributed by atoms with Gasteiger partial charge in [0.25, 0.3) is 5.91 Å². The van der Waals surface area contributed by atoms with Crippen LogP contribution >= 0.6 is 27.3 Å². The number of amides is 1. The lowest BCUT2D eigenvalue weighted by Crippen LogP contribution is -2.11. The lowest BCUT2D eigenvalue weighted by molar-refractivity contribution is 0.103. The third-order valence-corrected chi connectivity index (χ3v) is 3.64. The Kier molecular flexibility index (Phi) is 3.36. The monoisotopic (exact) mass is 296 g/mol. The van der Waals surface area contributed by atoms with E-state index in [-0.39, 0.29) is 5.91 Å². The van der Waals surface area contributed by atoms with Crippen molar-refractivity contribution in [2.75, 3.05) is 5.32 Å². The highest BCUT2D eigenvalue weighted by Crippen LogP contribution is 2.20. The molecule has 5 heteroatoms. The third kappa shape index (κ3) is 2.68. The van der Waals surface area contributed by atoms with Gasteiger partial charge in [-0.3, -0.25) is 4.79 Å². The van der Waals surface area contributed by atoms with Crippen molar-refractivity contribution < 1.29 is 4.79 Å². The van der Waals surface area contributed by atoms with Crippen LogP contribution in [0.1, 0.15) is 15.2 Å². The van der Waals surface area contributed by atoms with Crippen molar-refractivity contribution in [1.29, 1.82) is 0 Å². The van der Waals surface area contributed by atoms with Gasteiger partial charge in [-0.25, -0.2) is 4.98 Å². The first-order chi connectivity index (χ1) is 7.65. The van der Waals surface area contributed by atoms with Crippen LogP contribution < -0.4 is 5.32 Å². The molecular weight excluding hydrogens is 288 g/mol. The molecule has 0 spiro atoms. The molecule has 2 heterocycles. The Labute approximate surface area is 106 Å². The summed E-state index contributed by atoms with van der Waals surface area (Å²) >= 11 is 4.71. The predicted molar refractivity (Wildman–Crippen MR) is 68.9 cm³/mol. The largest absolute Gasteiger partial charge is 0.306 e. The normalized spacial score (nSPS) is 10.1. The van der Waals surface area contributed by atoms with Crippen LogP contribution in [0.15, 0.2) is 34.2 Å². The number of pyridine rings is 1. The molecule has 1 N–H and O–H groups in total. The van der Waals surface area contributed by atoms with E-state index in [9.17, 15) is 4.79 Å². The topological polar surface area (TPSA) is 42.0 Å². The molecule has 3 nitrogen and oxygen atoms in total. The van der Waals surface area contributed by atoms with Crippen molar-refractivity contribution in [3.63, 3.8) is 0 Å². The van der Waals surface area contributed by atoms with E-state index in [0.29, 0.717) is 10.7 Å². The van der Waals surface area contributed by atoms with E-state index in [0.717, 1.165) is 10.0 Å². The molecule has 0 aliphatic heterocycles. The molecule has 0 atom stereocenters. The van der Waals surface area contributed by atoms with Gasteiger partial charge in [-0.1, -0.05) is 0 Å². The van der Waals surface area contributed by atoms with E-state index in [1.54, 1.807) is 12.3 Å². The number of carbonyl (C=O) groups excluding carboxylic acids is 1. The van der Waals surface area contributed by atoms with Gasteiger partial charge < -0.3 is 5.32 Å². The summed E-state index contributed by atoms with van der Waals surface area (Å²) in [6.45, 7) is 1.96. The maximum absolute atomic E-state index is 11.8. The van der Waals surface area contributed by atoms with Crippen molar-refractivity contribution in [2.24, 2.45) is 0 Å². The fourth-order valence-corrected chi connectivity index (χ4v) is 2.54. The van der Waals surface area contributed by atoms with E-state index in [2.05, 4.69) is 26.2 Å². The molecule has 0 bridgehead atoms. The van der Waals surface area contributed by atoms with Crippen LogP contribution in [0.2, 0.25) is 0 Å². The zero-order valence-corrected chi connectivity index (χ0v) is 10.9. The Balaban J connectivity index is 2.13. The first-order valence-corrected chi connectivity index (χ1v) is 6.30. The Morgan fingerprint density at radius 1 is 1.50 bits per heavy atom. The summed E-state index contributed by atoms with van der Waals surface area (Å²) in [6, 6.07) is 5.51. The van der Waals surface area contributed by atoms with Crippen molar-refractivity contribution >= 4 is 39.0 Å². The molecule has 0 aliphatic rings. The van der Waals surface area contributed by atoms with Crippen LogP contribution in [0, 0.1) is 6.92 Å². The number of carbonyl (C=O) groups is 1. The second kappa shape index (κ2) is 4.76. The van der Waals surface area contributed by atoms with Gasteiger partial charge in [0.15, 0.2) is 0 Å². The van der Waals surface area contributed by atoms with Crippen molar-refractivity contribution in [1.82, 2.24) is 4.98 Å². The van der Waals surface area contributed by atoms with E-state index in [1.807, 2.05) is 24.4 Å². The maximum atomic E-state index is 11.8. The number of hydrogen-bond donors (Lipinski definition) is 1. The smallest absolute Gasteiger partial charge is 0.266 e. The quantitative estimate of drug-likeness (QED) is 0.922. The van der Waals surface area contributed by atoms with Gasteiger partial charge in [0.1, 0.15) is 5.82 Å². The highest BCUT2D eigenvalue weighted by atomic mass is 79.9. The molecular formula is C11H9BrN2OS. The zero-order valence-electron chi connectivity index (χ0n) is 8.53. The summed E-state index contributed by atoms with van der Waals surface area (Å²) in [5, 5.41) is 4.63. The van der Waals surface area contributed by atoms with Crippen LogP contribution in [0.25, 0.3) is 0 Å². The summed E-state index contributed by atoms with van der Waals surface area (Å²) in [5.41, 5.74) is 1.07. The Hall–Kier alpha value is -1.20. The molecule has 1 amide bonds. The molecule has 16 heavy (non-hydrogen) atoms. The van der Waals surface area contributed by atoms with Gasteiger partial charge in [-0.15, -0.1) is 11.3 Å². The van der Waals surface area contributed by atoms with Crippen LogP contribution in [0.5, 0.6) is 0 Å². The third-order valence-electron chi connectivity index (χ3n) is 1.95. The van der Waals surface area contributed by atoms with Gasteiger partial charge in [0.05, 0.1) is 4.88 Å². The second-order valence-electron chi connectivity index (χ2n) is 3.30. The summed E-state index contributed by atoms with van der Waals surface area (Å²) in [4.78, 5) is 16.5. The van der Waals surface area contributed by atoms with Gasteiger partial charge in [-0.05, 0) is 46.6 Å². The lowest BCUT2D eigenvalue weighted by atomic mass is 10.3. The van der Waals surface area contributed by atoms with Gasteiger partial charge >= 0.3 is 0 Å². The van der Waals surface area contributed by atoms with E-state index in [4.69, 9.17) is 0 Å². The average molecular weight is 297 g/mol. The van der Waals surface area contributed by atoms with Gasteiger partial charge in [0, 0.05) is 16.0 Å².